The van der Waals surface area contributed by atoms with Crippen LogP contribution in [0.5, 0.6) is 0 Å². The van der Waals surface area contributed by atoms with Crippen LogP contribution >= 0.6 is 11.6 Å². The van der Waals surface area contributed by atoms with E-state index >= 15 is 0 Å². The van der Waals surface area contributed by atoms with Gasteiger partial charge in [-0.05, 0) is 37.3 Å². The Kier molecular flexibility index (Phi) is 4.46. The van der Waals surface area contributed by atoms with Crippen molar-refractivity contribution in [3.63, 3.8) is 0 Å². The zero-order valence-electron chi connectivity index (χ0n) is 11.1. The highest BCUT2D eigenvalue weighted by Gasteiger charge is 2.30. The average Bonchev–Trinajstić information content (AvgIpc) is 2.76. The molecule has 1 fully saturated rings. The van der Waals surface area contributed by atoms with Crippen LogP contribution in [0, 0.1) is 11.8 Å². The van der Waals surface area contributed by atoms with E-state index < -0.39 is 0 Å². The SMILES string of the molecule is CCNC(c1cc(Cl)cnc1N)C1CCC(C)C1. The van der Waals surface area contributed by atoms with Crippen LogP contribution < -0.4 is 11.1 Å². The lowest BCUT2D eigenvalue weighted by Gasteiger charge is -2.26. The number of hydrogen-bond donors (Lipinski definition) is 2. The largest absolute Gasteiger partial charge is 0.383 e. The molecular weight excluding hydrogens is 246 g/mol. The van der Waals surface area contributed by atoms with Crippen molar-refractivity contribution in [3.8, 4) is 0 Å². The minimum atomic E-state index is 0.283. The number of nitrogens with two attached hydrogens (primary N) is 1. The summed E-state index contributed by atoms with van der Waals surface area (Å²) in [5.74, 6) is 2.05. The van der Waals surface area contributed by atoms with Crippen LogP contribution in [0.4, 0.5) is 5.82 Å². The van der Waals surface area contributed by atoms with Crippen LogP contribution in [0.1, 0.15) is 44.7 Å². The van der Waals surface area contributed by atoms with Crippen molar-refractivity contribution in [2.45, 2.75) is 39.2 Å². The molecule has 0 radical (unpaired) electrons. The van der Waals surface area contributed by atoms with Crippen molar-refractivity contribution in [2.24, 2.45) is 11.8 Å². The Hall–Kier alpha value is -0.800. The van der Waals surface area contributed by atoms with Gasteiger partial charge in [-0.3, -0.25) is 0 Å². The van der Waals surface area contributed by atoms with Crippen LogP contribution in [0.3, 0.4) is 0 Å². The van der Waals surface area contributed by atoms with Gasteiger partial charge in [0.25, 0.3) is 0 Å². The monoisotopic (exact) mass is 267 g/mol. The van der Waals surface area contributed by atoms with E-state index in [1.165, 1.54) is 19.3 Å². The molecule has 0 aromatic carbocycles. The smallest absolute Gasteiger partial charge is 0.128 e. The lowest BCUT2D eigenvalue weighted by Crippen LogP contribution is -2.28. The van der Waals surface area contributed by atoms with E-state index in [0.717, 1.165) is 18.0 Å². The number of anilines is 1. The molecule has 0 saturated heterocycles. The van der Waals surface area contributed by atoms with Crippen LogP contribution in [-0.2, 0) is 0 Å². The van der Waals surface area contributed by atoms with E-state index in [-0.39, 0.29) is 6.04 Å². The molecule has 1 aromatic heterocycles. The quantitative estimate of drug-likeness (QED) is 0.879. The summed E-state index contributed by atoms with van der Waals surface area (Å²) < 4.78 is 0. The van der Waals surface area contributed by atoms with E-state index in [2.05, 4.69) is 24.1 Å². The second kappa shape index (κ2) is 5.89. The molecule has 3 unspecified atom stereocenters. The van der Waals surface area contributed by atoms with Crippen LogP contribution in [0.15, 0.2) is 12.3 Å². The number of pyridine rings is 1. The van der Waals surface area contributed by atoms with E-state index in [9.17, 15) is 0 Å². The highest BCUT2D eigenvalue weighted by molar-refractivity contribution is 6.30. The molecule has 18 heavy (non-hydrogen) atoms. The predicted molar refractivity (Wildman–Crippen MR) is 76.6 cm³/mol. The third kappa shape index (κ3) is 2.96. The Morgan fingerprint density at radius 3 is 2.94 bits per heavy atom. The third-order valence-corrected chi connectivity index (χ3v) is 4.09. The molecule has 0 amide bonds. The molecule has 1 heterocycles. The summed E-state index contributed by atoms with van der Waals surface area (Å²) in [6.07, 6.45) is 5.43. The summed E-state index contributed by atoms with van der Waals surface area (Å²) in [6.45, 7) is 5.38. The molecule has 4 heteroatoms. The topological polar surface area (TPSA) is 50.9 Å². The molecule has 3 nitrogen and oxygen atoms in total. The van der Waals surface area contributed by atoms with Crippen molar-refractivity contribution in [1.29, 1.82) is 0 Å². The van der Waals surface area contributed by atoms with Crippen LogP contribution in [0.2, 0.25) is 5.02 Å². The van der Waals surface area contributed by atoms with E-state index in [4.69, 9.17) is 17.3 Å². The minimum Gasteiger partial charge on any atom is -0.383 e. The second-order valence-corrected chi connectivity index (χ2v) is 5.78. The van der Waals surface area contributed by atoms with Crippen molar-refractivity contribution < 1.29 is 0 Å². The fourth-order valence-corrected chi connectivity index (χ4v) is 3.19. The first-order chi connectivity index (χ1) is 8.61. The molecular formula is C14H22ClN3. The Balaban J connectivity index is 2.26. The summed E-state index contributed by atoms with van der Waals surface area (Å²) in [5.41, 5.74) is 7.07. The average molecular weight is 268 g/mol. The fourth-order valence-electron chi connectivity index (χ4n) is 3.02. The molecule has 1 aromatic rings. The maximum Gasteiger partial charge on any atom is 0.128 e. The Bertz CT molecular complexity index is 408. The molecule has 0 spiro atoms. The summed E-state index contributed by atoms with van der Waals surface area (Å²) in [4.78, 5) is 4.18. The lowest BCUT2D eigenvalue weighted by molar-refractivity contribution is 0.365. The first-order valence-corrected chi connectivity index (χ1v) is 7.14. The van der Waals surface area contributed by atoms with Crippen molar-refractivity contribution in [2.75, 3.05) is 12.3 Å². The summed E-state index contributed by atoms with van der Waals surface area (Å²) in [6, 6.07) is 2.24. The van der Waals surface area contributed by atoms with Gasteiger partial charge in [-0.15, -0.1) is 0 Å². The van der Waals surface area contributed by atoms with Crippen molar-refractivity contribution in [1.82, 2.24) is 10.3 Å². The normalized spacial score (nSPS) is 25.3. The van der Waals surface area contributed by atoms with E-state index in [0.29, 0.717) is 16.8 Å². The van der Waals surface area contributed by atoms with Gasteiger partial charge in [0.2, 0.25) is 0 Å². The van der Waals surface area contributed by atoms with Crippen LogP contribution in [-0.4, -0.2) is 11.5 Å². The minimum absolute atomic E-state index is 0.283. The number of nitrogens with zero attached hydrogens (tertiary/aromatic N) is 1. The van der Waals surface area contributed by atoms with Gasteiger partial charge in [-0.25, -0.2) is 4.98 Å². The molecule has 3 N–H and O–H groups in total. The summed E-state index contributed by atoms with van der Waals surface area (Å²) in [5, 5.41) is 4.21. The Morgan fingerprint density at radius 1 is 1.56 bits per heavy atom. The van der Waals surface area contributed by atoms with E-state index in [1.54, 1.807) is 6.20 Å². The highest BCUT2D eigenvalue weighted by Crippen LogP contribution is 2.40. The Morgan fingerprint density at radius 2 is 2.33 bits per heavy atom. The van der Waals surface area contributed by atoms with Gasteiger partial charge in [0, 0.05) is 17.8 Å². The third-order valence-electron chi connectivity index (χ3n) is 3.88. The zero-order chi connectivity index (χ0) is 13.1. The summed E-state index contributed by atoms with van der Waals surface area (Å²) in [7, 11) is 0. The molecule has 100 valence electrons. The number of nitrogen functional groups attached to an aromatic ring is 1. The van der Waals surface area contributed by atoms with Gasteiger partial charge in [-0.2, -0.15) is 0 Å². The van der Waals surface area contributed by atoms with Crippen LogP contribution in [0.25, 0.3) is 0 Å². The van der Waals surface area contributed by atoms with Gasteiger partial charge < -0.3 is 11.1 Å². The van der Waals surface area contributed by atoms with Crippen molar-refractivity contribution >= 4 is 17.4 Å². The van der Waals surface area contributed by atoms with Gasteiger partial charge in [0.1, 0.15) is 5.82 Å². The standard InChI is InChI=1S/C14H22ClN3/c1-3-17-13(10-5-4-9(2)6-10)12-7-11(15)8-18-14(12)16/h7-10,13,17H,3-6H2,1-2H3,(H2,16,18). The van der Waals surface area contributed by atoms with Gasteiger partial charge in [0.15, 0.2) is 0 Å². The number of halogens is 1. The number of hydrogen-bond acceptors (Lipinski definition) is 3. The molecule has 0 bridgehead atoms. The number of nitrogens with one attached hydrogen (secondary N) is 1. The first kappa shape index (κ1) is 13.6. The van der Waals surface area contributed by atoms with Crippen molar-refractivity contribution in [3.05, 3.63) is 22.8 Å². The maximum absolute atomic E-state index is 6.05. The number of aromatic nitrogens is 1. The number of rotatable bonds is 4. The molecule has 1 saturated carbocycles. The van der Waals surface area contributed by atoms with Gasteiger partial charge >= 0.3 is 0 Å². The molecule has 2 rings (SSSR count). The Labute approximate surface area is 114 Å². The predicted octanol–water partition coefficient (Wildman–Crippen LogP) is 3.40. The molecule has 3 atom stereocenters. The maximum atomic E-state index is 6.05. The lowest BCUT2D eigenvalue weighted by atomic mass is 9.91. The molecule has 1 aliphatic rings. The van der Waals surface area contributed by atoms with E-state index in [1.807, 2.05) is 6.07 Å². The van der Waals surface area contributed by atoms with Gasteiger partial charge in [-0.1, -0.05) is 31.9 Å². The fraction of sp³-hybridized carbons (Fsp3) is 0.643. The second-order valence-electron chi connectivity index (χ2n) is 5.34. The molecule has 1 aliphatic carbocycles. The van der Waals surface area contributed by atoms with Gasteiger partial charge in [0.05, 0.1) is 5.02 Å². The molecule has 0 aliphatic heterocycles. The summed E-state index contributed by atoms with van der Waals surface area (Å²) >= 11 is 6.05. The highest BCUT2D eigenvalue weighted by atomic mass is 35.5. The first-order valence-electron chi connectivity index (χ1n) is 6.76. The zero-order valence-corrected chi connectivity index (χ0v) is 11.9.